The highest BCUT2D eigenvalue weighted by Crippen LogP contribution is 2.50. The third-order valence-electron chi connectivity index (χ3n) is 29.0. The average Bonchev–Trinajstić information content (AvgIpc) is 1.76. The van der Waals surface area contributed by atoms with Crippen LogP contribution in [0.15, 0.2) is 541 Å². The lowest BCUT2D eigenvalue weighted by atomic mass is 10.0. The number of hydrogen-bond acceptors (Lipinski definition) is 9. The molecular formula is C138H87N3O3S3. The number of para-hydroxylation sites is 4. The molecule has 0 atom stereocenters. The van der Waals surface area contributed by atoms with Crippen molar-refractivity contribution in [1.82, 2.24) is 0 Å². The molecule has 0 bridgehead atoms. The predicted octanol–water partition coefficient (Wildman–Crippen LogP) is 41.7. The molecule has 0 fully saturated rings. The van der Waals surface area contributed by atoms with E-state index in [1.165, 1.54) is 148 Å². The van der Waals surface area contributed by atoms with Gasteiger partial charge < -0.3 is 28.0 Å². The Kier molecular flexibility index (Phi) is 21.4. The Balaban J connectivity index is 0.000000107. The minimum atomic E-state index is 0.913. The molecule has 0 amide bonds. The highest BCUT2D eigenvalue weighted by molar-refractivity contribution is 7.26. The first-order valence-electron chi connectivity index (χ1n) is 49.8. The summed E-state index contributed by atoms with van der Waals surface area (Å²) in [5.41, 5.74) is 29.8. The molecule has 147 heavy (non-hydrogen) atoms. The second-order valence-electron chi connectivity index (χ2n) is 37.6. The minimum Gasteiger partial charge on any atom is -0.456 e. The number of rotatable bonds is 15. The van der Waals surface area contributed by atoms with E-state index in [9.17, 15) is 0 Å². The molecule has 30 aromatic rings. The molecule has 6 heterocycles. The standard InChI is InChI=1S/3C46H29NOS/c1-2-11-36-31(9-1)10-7-16-42(36)47(34-24-19-30(20-25-34)33-23-28-45-41(29-33)39-13-4-6-18-44(39)49-45)35-26-21-32(22-27-35)37-14-8-15-40-38-12-3-5-17-43(38)48-46(37)40;2*1-2-10-37-32(8-1)9-7-13-42(37)47(35-22-16-30(17-23-35)33-20-26-44-40(28-33)38-11-3-5-14-43(38)48-44)36-24-18-31(19-25-36)34-21-27-46-41(29-34)39-12-4-6-15-45(39)49-46/h3*1-29H. The molecule has 0 saturated heterocycles. The number of anilines is 9. The first kappa shape index (κ1) is 86.4. The van der Waals surface area contributed by atoms with Gasteiger partial charge in [0, 0.05) is 149 Å². The summed E-state index contributed by atoms with van der Waals surface area (Å²) in [7, 11) is 0. The second-order valence-corrected chi connectivity index (χ2v) is 40.9. The van der Waals surface area contributed by atoms with Gasteiger partial charge in [0.2, 0.25) is 0 Å². The van der Waals surface area contributed by atoms with Crippen LogP contribution in [0.2, 0.25) is 0 Å². The van der Waals surface area contributed by atoms with Gasteiger partial charge in [0.1, 0.15) is 33.5 Å². The van der Waals surface area contributed by atoms with Crippen LogP contribution in [0.3, 0.4) is 0 Å². The zero-order chi connectivity index (χ0) is 96.9. The molecule has 0 aliphatic rings. The van der Waals surface area contributed by atoms with E-state index in [4.69, 9.17) is 13.3 Å². The predicted molar refractivity (Wildman–Crippen MR) is 629 cm³/mol. The van der Waals surface area contributed by atoms with Crippen molar-refractivity contribution in [2.45, 2.75) is 0 Å². The average molecular weight is 1930 g/mol. The normalized spacial score (nSPS) is 11.7. The number of hydrogen-bond donors (Lipinski definition) is 0. The largest absolute Gasteiger partial charge is 0.456 e. The topological polar surface area (TPSA) is 49.1 Å². The molecule has 0 aliphatic carbocycles. The molecule has 0 unspecified atom stereocenters. The second kappa shape index (κ2) is 36.5. The van der Waals surface area contributed by atoms with Crippen molar-refractivity contribution in [3.8, 4) is 66.8 Å². The van der Waals surface area contributed by atoms with E-state index in [0.717, 1.165) is 128 Å². The number of thiophene rings is 3. The van der Waals surface area contributed by atoms with Crippen LogP contribution in [-0.2, 0) is 0 Å². The van der Waals surface area contributed by atoms with Crippen molar-refractivity contribution < 1.29 is 13.3 Å². The highest BCUT2D eigenvalue weighted by Gasteiger charge is 2.24. The number of nitrogens with zero attached hydrogens (tertiary/aromatic N) is 3. The van der Waals surface area contributed by atoms with Crippen LogP contribution < -0.4 is 14.7 Å². The van der Waals surface area contributed by atoms with Gasteiger partial charge in [-0.2, -0.15) is 0 Å². The third-order valence-corrected chi connectivity index (χ3v) is 32.5. The van der Waals surface area contributed by atoms with Gasteiger partial charge in [0.05, 0.1) is 17.1 Å². The van der Waals surface area contributed by atoms with Crippen LogP contribution in [0.25, 0.3) is 225 Å². The summed E-state index contributed by atoms with van der Waals surface area (Å²) in [5, 5.41) is 22.1. The first-order chi connectivity index (χ1) is 72.8. The maximum Gasteiger partial charge on any atom is 0.143 e. The van der Waals surface area contributed by atoms with Crippen LogP contribution in [0.5, 0.6) is 0 Å². The van der Waals surface area contributed by atoms with Crippen molar-refractivity contribution >= 4 is 244 Å². The Morgan fingerprint density at radius 1 is 0.136 bits per heavy atom. The smallest absolute Gasteiger partial charge is 0.143 e. The van der Waals surface area contributed by atoms with Crippen molar-refractivity contribution in [1.29, 1.82) is 0 Å². The van der Waals surface area contributed by atoms with Crippen LogP contribution in [0.4, 0.5) is 51.2 Å². The molecule has 9 heteroatoms. The van der Waals surface area contributed by atoms with E-state index in [2.05, 4.69) is 506 Å². The van der Waals surface area contributed by atoms with Crippen LogP contribution in [-0.4, -0.2) is 0 Å². The van der Waals surface area contributed by atoms with Crippen LogP contribution in [0, 0.1) is 0 Å². The van der Waals surface area contributed by atoms with Crippen molar-refractivity contribution in [3.05, 3.63) is 528 Å². The number of fused-ring (bicyclic) bond motifs is 21. The Hall–Kier alpha value is -18.5. The Morgan fingerprint density at radius 2 is 0.361 bits per heavy atom. The third kappa shape index (κ3) is 15.7. The van der Waals surface area contributed by atoms with Crippen LogP contribution in [0.1, 0.15) is 0 Å². The molecule has 6 aromatic heterocycles. The summed E-state index contributed by atoms with van der Waals surface area (Å²) < 4.78 is 26.5. The molecule has 0 aliphatic heterocycles. The molecule has 24 aromatic carbocycles. The Morgan fingerprint density at radius 3 is 0.694 bits per heavy atom. The molecular weight excluding hydrogens is 1840 g/mol. The lowest BCUT2D eigenvalue weighted by molar-refractivity contribution is 0.668. The zero-order valence-electron chi connectivity index (χ0n) is 79.5. The van der Waals surface area contributed by atoms with Gasteiger partial charge in [-0.05, 0) is 265 Å². The highest BCUT2D eigenvalue weighted by atomic mass is 32.1. The molecule has 30 rings (SSSR count). The SMILES string of the molecule is c1ccc2c(N(c3ccc(-c4ccc5oc6ccccc6c5c4)cc3)c3ccc(-c4ccc5sc6ccccc6c5c4)cc3)cccc2c1.c1ccc2c(N(c3ccc(-c4ccc5oc6ccccc6c5c4)cc3)c3ccc(-c4ccc5sc6ccccc6c5c4)cc3)cccc2c1.c1ccc2c(N(c3ccc(-c4ccc5sc6ccccc6c5c4)cc3)c3ccc(-c4cccc5c4oc4ccccc45)cc3)cccc2c1. The van der Waals surface area contributed by atoms with E-state index in [0.29, 0.717) is 0 Å². The van der Waals surface area contributed by atoms with E-state index in [1.807, 2.05) is 70.4 Å². The van der Waals surface area contributed by atoms with Gasteiger partial charge in [-0.3, -0.25) is 0 Å². The number of furan rings is 3. The van der Waals surface area contributed by atoms with Gasteiger partial charge in [0.15, 0.2) is 0 Å². The maximum atomic E-state index is 6.38. The maximum absolute atomic E-state index is 6.38. The van der Waals surface area contributed by atoms with Crippen LogP contribution >= 0.6 is 34.0 Å². The minimum absolute atomic E-state index is 0.913. The fourth-order valence-corrected chi connectivity index (χ4v) is 25.1. The van der Waals surface area contributed by atoms with Gasteiger partial charge in [-0.25, -0.2) is 0 Å². The molecule has 0 spiro atoms. The molecule has 0 saturated carbocycles. The Bertz CT molecular complexity index is 9600. The summed E-state index contributed by atoms with van der Waals surface area (Å²) in [4.78, 5) is 7.11. The van der Waals surface area contributed by atoms with Crippen molar-refractivity contribution in [2.24, 2.45) is 0 Å². The van der Waals surface area contributed by atoms with E-state index < -0.39 is 0 Å². The lowest BCUT2D eigenvalue weighted by Crippen LogP contribution is -2.10. The van der Waals surface area contributed by atoms with Gasteiger partial charge in [-0.15, -0.1) is 34.0 Å². The summed E-state index contributed by atoms with van der Waals surface area (Å²) >= 11 is 5.57. The molecule has 6 nitrogen and oxygen atoms in total. The van der Waals surface area contributed by atoms with Gasteiger partial charge in [-0.1, -0.05) is 340 Å². The monoisotopic (exact) mass is 1930 g/mol. The first-order valence-corrected chi connectivity index (χ1v) is 52.2. The Labute approximate surface area is 859 Å². The summed E-state index contributed by atoms with van der Waals surface area (Å²) in [6, 6.07) is 190. The quantitative estimate of drug-likeness (QED) is 0.102. The van der Waals surface area contributed by atoms with Crippen molar-refractivity contribution in [2.75, 3.05) is 14.7 Å². The molecule has 690 valence electrons. The summed E-state index contributed by atoms with van der Waals surface area (Å²) in [6.07, 6.45) is 0. The van der Waals surface area contributed by atoms with Crippen molar-refractivity contribution in [3.63, 3.8) is 0 Å². The lowest BCUT2D eigenvalue weighted by Gasteiger charge is -2.27. The molecule has 0 N–H and O–H groups in total. The van der Waals surface area contributed by atoms with E-state index in [-0.39, 0.29) is 0 Å². The fourth-order valence-electron chi connectivity index (χ4n) is 21.8. The number of benzene rings is 24. The molecule has 0 radical (unpaired) electrons. The summed E-state index contributed by atoms with van der Waals surface area (Å²) in [5.74, 6) is 0. The summed E-state index contributed by atoms with van der Waals surface area (Å²) in [6.45, 7) is 0. The zero-order valence-corrected chi connectivity index (χ0v) is 82.0. The van der Waals surface area contributed by atoms with Gasteiger partial charge in [0.25, 0.3) is 0 Å². The van der Waals surface area contributed by atoms with Gasteiger partial charge >= 0.3 is 0 Å². The van der Waals surface area contributed by atoms with E-state index >= 15 is 0 Å². The fraction of sp³-hybridized carbons (Fsp3) is 0. The van der Waals surface area contributed by atoms with E-state index in [1.54, 1.807) is 0 Å².